The summed E-state index contributed by atoms with van der Waals surface area (Å²) in [6.07, 6.45) is 6.67. The van der Waals surface area contributed by atoms with Gasteiger partial charge >= 0.3 is 0 Å². The van der Waals surface area contributed by atoms with Crippen molar-refractivity contribution in [3.05, 3.63) is 0 Å². The molecule has 0 aromatic rings. The van der Waals surface area contributed by atoms with E-state index in [9.17, 15) is 5.11 Å². The first-order valence-electron chi connectivity index (χ1n) is 7.05. The third-order valence-corrected chi connectivity index (χ3v) is 7.12. The average Bonchev–Trinajstić information content (AvgIpc) is 2.73. The highest BCUT2D eigenvalue weighted by Crippen LogP contribution is 2.71. The van der Waals surface area contributed by atoms with Crippen LogP contribution < -0.4 is 0 Å². The molecule has 0 unspecified atom stereocenters. The van der Waals surface area contributed by atoms with E-state index in [1.807, 2.05) is 0 Å². The van der Waals surface area contributed by atoms with E-state index in [2.05, 4.69) is 27.7 Å². The molecule has 1 N–H and O–H groups in total. The summed E-state index contributed by atoms with van der Waals surface area (Å²) in [7, 11) is 0. The normalized spacial score (nSPS) is 58.7. The van der Waals surface area contributed by atoms with Crippen molar-refractivity contribution in [3.63, 3.8) is 0 Å². The summed E-state index contributed by atoms with van der Waals surface area (Å²) in [5.41, 5.74) is 0.259. The minimum absolute atomic E-state index is 0.108. The van der Waals surface area contributed by atoms with Gasteiger partial charge in [-0.1, -0.05) is 20.8 Å². The van der Waals surface area contributed by atoms with Crippen molar-refractivity contribution in [1.82, 2.24) is 0 Å². The molecule has 2 bridgehead atoms. The molecule has 0 aromatic heterocycles. The van der Waals surface area contributed by atoms with Gasteiger partial charge in [0.05, 0.1) is 5.60 Å². The quantitative estimate of drug-likeness (QED) is 0.664. The van der Waals surface area contributed by atoms with Gasteiger partial charge in [-0.2, -0.15) is 0 Å². The van der Waals surface area contributed by atoms with Gasteiger partial charge in [0.15, 0.2) is 0 Å². The van der Waals surface area contributed by atoms with Crippen molar-refractivity contribution in [2.45, 2.75) is 65.4 Å². The zero-order chi connectivity index (χ0) is 11.8. The summed E-state index contributed by atoms with van der Waals surface area (Å²) in [5, 5.41) is 10.9. The molecule has 3 saturated carbocycles. The van der Waals surface area contributed by atoms with Crippen LogP contribution in [0.4, 0.5) is 0 Å². The van der Waals surface area contributed by atoms with Crippen molar-refractivity contribution in [2.24, 2.45) is 28.6 Å². The third kappa shape index (κ3) is 0.978. The van der Waals surface area contributed by atoms with E-state index in [0.717, 1.165) is 11.8 Å². The molecule has 92 valence electrons. The lowest BCUT2D eigenvalue weighted by molar-refractivity contribution is -0.171. The maximum Gasteiger partial charge on any atom is 0.0701 e. The molecular formula is C15H26O. The summed E-state index contributed by atoms with van der Waals surface area (Å²) in [6, 6.07) is 0. The zero-order valence-corrected chi connectivity index (χ0v) is 11.2. The number of hydrogen-bond donors (Lipinski definition) is 1. The van der Waals surface area contributed by atoms with Gasteiger partial charge in [-0.15, -0.1) is 0 Å². The largest absolute Gasteiger partial charge is 0.389 e. The average molecular weight is 222 g/mol. The minimum Gasteiger partial charge on any atom is -0.389 e. The van der Waals surface area contributed by atoms with Crippen LogP contribution in [0.25, 0.3) is 0 Å². The predicted octanol–water partition coefficient (Wildman–Crippen LogP) is 3.61. The Labute approximate surface area is 99.6 Å². The molecule has 3 rings (SSSR count). The van der Waals surface area contributed by atoms with Crippen molar-refractivity contribution >= 4 is 0 Å². The molecule has 0 saturated heterocycles. The minimum atomic E-state index is -0.443. The van der Waals surface area contributed by atoms with Crippen molar-refractivity contribution < 1.29 is 5.11 Å². The molecule has 3 fully saturated rings. The molecule has 0 amide bonds. The molecule has 1 spiro atoms. The van der Waals surface area contributed by atoms with Gasteiger partial charge in [-0.05, 0) is 67.6 Å². The van der Waals surface area contributed by atoms with E-state index in [-0.39, 0.29) is 5.41 Å². The highest BCUT2D eigenvalue weighted by molar-refractivity contribution is 5.17. The van der Waals surface area contributed by atoms with Crippen molar-refractivity contribution in [3.8, 4) is 0 Å². The van der Waals surface area contributed by atoms with Crippen LogP contribution in [0.5, 0.6) is 0 Å². The van der Waals surface area contributed by atoms with Crippen LogP contribution in [0, 0.1) is 28.6 Å². The van der Waals surface area contributed by atoms with Crippen LogP contribution >= 0.6 is 0 Å². The molecular weight excluding hydrogens is 196 g/mol. The Morgan fingerprint density at radius 2 is 1.75 bits per heavy atom. The molecule has 1 nitrogen and oxygen atoms in total. The highest BCUT2D eigenvalue weighted by Gasteiger charge is 2.67. The van der Waals surface area contributed by atoms with Gasteiger partial charge in [-0.25, -0.2) is 0 Å². The lowest BCUT2D eigenvalue weighted by atomic mass is 9.50. The fraction of sp³-hybridized carbons (Fsp3) is 1.00. The van der Waals surface area contributed by atoms with E-state index in [1.54, 1.807) is 0 Å². The van der Waals surface area contributed by atoms with E-state index < -0.39 is 5.60 Å². The monoisotopic (exact) mass is 222 g/mol. The summed E-state index contributed by atoms with van der Waals surface area (Å²) >= 11 is 0. The van der Waals surface area contributed by atoms with Crippen LogP contribution in [-0.4, -0.2) is 10.7 Å². The Hall–Kier alpha value is -0.0400. The van der Waals surface area contributed by atoms with Crippen LogP contribution in [0.15, 0.2) is 0 Å². The Bertz CT molecular complexity index is 317. The van der Waals surface area contributed by atoms with E-state index >= 15 is 0 Å². The Morgan fingerprint density at radius 1 is 1.06 bits per heavy atom. The molecule has 1 heteroatoms. The van der Waals surface area contributed by atoms with Crippen molar-refractivity contribution in [1.29, 1.82) is 0 Å². The SMILES string of the molecule is C[C@@H]1CC[C@H]2C(C)(C)[C@@](C)(O)[C@H]3CC[C@@]12C3. The Kier molecular flexibility index (Phi) is 1.98. The van der Waals surface area contributed by atoms with Gasteiger partial charge in [0, 0.05) is 0 Å². The topological polar surface area (TPSA) is 20.2 Å². The first-order valence-corrected chi connectivity index (χ1v) is 7.05. The number of rotatable bonds is 0. The molecule has 0 aliphatic heterocycles. The molecule has 3 aliphatic carbocycles. The number of fused-ring (bicyclic) bond motifs is 1. The molecule has 0 radical (unpaired) electrons. The van der Waals surface area contributed by atoms with E-state index in [0.29, 0.717) is 11.3 Å². The fourth-order valence-electron chi connectivity index (χ4n) is 5.64. The fourth-order valence-corrected chi connectivity index (χ4v) is 5.64. The van der Waals surface area contributed by atoms with Gasteiger partial charge in [0.1, 0.15) is 0 Å². The standard InChI is InChI=1S/C15H26O/c1-10-5-6-12-13(2,3)14(4,16)11-7-8-15(10,12)9-11/h10-12,16H,5-9H2,1-4H3/t10-,11+,12+,14+,15-/m1/s1. The molecule has 5 atom stereocenters. The first-order chi connectivity index (χ1) is 7.32. The molecule has 0 aromatic carbocycles. The maximum absolute atomic E-state index is 10.9. The van der Waals surface area contributed by atoms with Gasteiger partial charge in [0.2, 0.25) is 0 Å². The predicted molar refractivity (Wildman–Crippen MR) is 66.1 cm³/mol. The Morgan fingerprint density at radius 3 is 2.44 bits per heavy atom. The summed E-state index contributed by atoms with van der Waals surface area (Å²) in [5.74, 6) is 2.20. The van der Waals surface area contributed by atoms with Crippen LogP contribution in [0.2, 0.25) is 0 Å². The molecule has 16 heavy (non-hydrogen) atoms. The summed E-state index contributed by atoms with van der Waals surface area (Å²) in [6.45, 7) is 9.21. The first kappa shape index (κ1) is 11.1. The van der Waals surface area contributed by atoms with Crippen molar-refractivity contribution in [2.75, 3.05) is 0 Å². The highest BCUT2D eigenvalue weighted by atomic mass is 16.3. The third-order valence-electron chi connectivity index (χ3n) is 7.12. The van der Waals surface area contributed by atoms with Gasteiger partial charge in [0.25, 0.3) is 0 Å². The second-order valence-corrected chi connectivity index (χ2v) is 7.57. The van der Waals surface area contributed by atoms with Gasteiger partial charge in [-0.3, -0.25) is 0 Å². The van der Waals surface area contributed by atoms with E-state index in [1.165, 1.54) is 32.1 Å². The van der Waals surface area contributed by atoms with Gasteiger partial charge < -0.3 is 5.11 Å². The lowest BCUT2D eigenvalue weighted by Crippen LogP contribution is -2.57. The number of aliphatic hydroxyl groups is 1. The van der Waals surface area contributed by atoms with Crippen LogP contribution in [0.3, 0.4) is 0 Å². The van der Waals surface area contributed by atoms with E-state index in [4.69, 9.17) is 0 Å². The summed E-state index contributed by atoms with van der Waals surface area (Å²) < 4.78 is 0. The number of hydrogen-bond acceptors (Lipinski definition) is 1. The molecule has 0 heterocycles. The lowest BCUT2D eigenvalue weighted by Gasteiger charge is -2.57. The smallest absolute Gasteiger partial charge is 0.0701 e. The molecule has 3 aliphatic rings. The van der Waals surface area contributed by atoms with Crippen LogP contribution in [-0.2, 0) is 0 Å². The second-order valence-electron chi connectivity index (χ2n) is 7.57. The van der Waals surface area contributed by atoms with Crippen LogP contribution in [0.1, 0.15) is 59.8 Å². The second kappa shape index (κ2) is 2.85. The Balaban J connectivity index is 2.10. The summed E-state index contributed by atoms with van der Waals surface area (Å²) in [4.78, 5) is 0. The zero-order valence-electron chi connectivity index (χ0n) is 11.2. The maximum atomic E-state index is 10.9.